The minimum atomic E-state index is -6.18. The Balaban J connectivity index is 1.50. The Kier molecular flexibility index (Phi) is 9.67. The summed E-state index contributed by atoms with van der Waals surface area (Å²) >= 11 is 0. The molecule has 51 heavy (non-hydrogen) atoms. The summed E-state index contributed by atoms with van der Waals surface area (Å²) in [6.45, 7) is 6.23. The van der Waals surface area contributed by atoms with Crippen LogP contribution in [0.3, 0.4) is 0 Å². The molecule has 0 atom stereocenters. The number of hydrogen-bond donors (Lipinski definition) is 3. The first kappa shape index (κ1) is 37.9. The number of aryl methyl sites for hydroxylation is 3. The van der Waals surface area contributed by atoms with Gasteiger partial charge >= 0.3 is 15.5 Å². The number of anilines is 2. The number of halogens is 3. The Morgan fingerprint density at radius 1 is 0.706 bits per heavy atom. The maximum Gasteiger partial charge on any atom is 0.512 e. The van der Waals surface area contributed by atoms with Gasteiger partial charge in [0, 0.05) is 34.5 Å². The first-order valence-electron chi connectivity index (χ1n) is 14.5. The fourth-order valence-corrected chi connectivity index (χ4v) is 10.5. The molecule has 1 heterocycles. The topological polar surface area (TPSA) is 198 Å². The van der Waals surface area contributed by atoms with Crippen molar-refractivity contribution in [3.05, 3.63) is 94.3 Å². The average Bonchev–Trinajstić information content (AvgIpc) is 2.97. The molecule has 3 N–H and O–H groups in total. The van der Waals surface area contributed by atoms with Crippen LogP contribution in [0.15, 0.2) is 85.9 Å². The van der Waals surface area contributed by atoms with Gasteiger partial charge in [0.05, 0.1) is 27.1 Å². The summed E-state index contributed by atoms with van der Waals surface area (Å²) in [5.41, 5.74) is -1.99. The summed E-state index contributed by atoms with van der Waals surface area (Å²) in [5, 5.41) is 4.30. The molecule has 0 aromatic heterocycles. The number of nitrogens with zero attached hydrogens (tertiary/aromatic N) is 1. The number of sulfonamides is 4. The molecule has 0 saturated heterocycles. The number of benzene rings is 4. The van der Waals surface area contributed by atoms with Crippen molar-refractivity contribution in [1.82, 2.24) is 8.25 Å². The quantitative estimate of drug-likeness (QED) is 0.169. The van der Waals surface area contributed by atoms with E-state index in [0.717, 1.165) is 23.8 Å². The molecule has 20 heteroatoms. The monoisotopic (exact) mass is 786 g/mol. The van der Waals surface area contributed by atoms with E-state index < -0.39 is 50.5 Å². The Labute approximate surface area is 291 Å². The van der Waals surface area contributed by atoms with Crippen LogP contribution in [0.4, 0.5) is 30.2 Å². The molecule has 2 aliphatic rings. The van der Waals surface area contributed by atoms with Gasteiger partial charge in [0.15, 0.2) is 0 Å². The van der Waals surface area contributed by atoms with Gasteiger partial charge in [0.1, 0.15) is 11.3 Å². The van der Waals surface area contributed by atoms with Crippen LogP contribution >= 0.6 is 0 Å². The van der Waals surface area contributed by atoms with Crippen molar-refractivity contribution < 1.29 is 51.3 Å². The van der Waals surface area contributed by atoms with Crippen LogP contribution in [0.25, 0.3) is 22.3 Å². The van der Waals surface area contributed by atoms with Crippen LogP contribution < -0.4 is 18.9 Å². The third kappa shape index (κ3) is 8.10. The minimum absolute atomic E-state index is 0.221. The van der Waals surface area contributed by atoms with Gasteiger partial charge in [-0.3, -0.25) is 0 Å². The van der Waals surface area contributed by atoms with Crippen molar-refractivity contribution in [2.75, 3.05) is 11.6 Å². The molecule has 0 radical (unpaired) electrons. The van der Waals surface area contributed by atoms with E-state index in [9.17, 15) is 46.8 Å². The molecule has 3 aromatic carbocycles. The highest BCUT2D eigenvalue weighted by Gasteiger charge is 2.48. The summed E-state index contributed by atoms with van der Waals surface area (Å²) < 4.78 is 144. The Hall–Kier alpha value is -4.34. The SMILES string of the molecule is Cc1cc(S(=O)(=O)NS(=O)(=O)C(F)(F)F)cc(C)c1N=c1ccc2cc3ccc(Nc4c(C)ccc(S(=O)(=O)NS(C)(=O)=O)c4C)cc3oc-2c1. The van der Waals surface area contributed by atoms with E-state index in [-0.39, 0.29) is 21.6 Å². The first-order chi connectivity index (χ1) is 23.4. The van der Waals surface area contributed by atoms with Crippen LogP contribution in [0.2, 0.25) is 0 Å². The van der Waals surface area contributed by atoms with Gasteiger partial charge in [0.2, 0.25) is 10.0 Å². The molecule has 272 valence electrons. The van der Waals surface area contributed by atoms with Crippen molar-refractivity contribution in [3.8, 4) is 11.3 Å². The molecule has 0 spiro atoms. The van der Waals surface area contributed by atoms with E-state index in [4.69, 9.17) is 4.42 Å². The second-order valence-electron chi connectivity index (χ2n) is 11.6. The second-order valence-corrected chi connectivity index (χ2v) is 18.9. The summed E-state index contributed by atoms with van der Waals surface area (Å²) in [6, 6.07) is 17.0. The van der Waals surface area contributed by atoms with Gasteiger partial charge in [-0.2, -0.15) is 13.2 Å². The molecule has 0 bridgehead atoms. The highest BCUT2D eigenvalue weighted by molar-refractivity contribution is 8.05. The van der Waals surface area contributed by atoms with E-state index >= 15 is 0 Å². The minimum Gasteiger partial charge on any atom is -0.456 e. The largest absolute Gasteiger partial charge is 0.512 e. The van der Waals surface area contributed by atoms with E-state index in [1.807, 2.05) is 6.07 Å². The maximum atomic E-state index is 12.8. The predicted octanol–water partition coefficient (Wildman–Crippen LogP) is 5.11. The molecule has 0 unspecified atom stereocenters. The van der Waals surface area contributed by atoms with Crippen LogP contribution in [-0.4, -0.2) is 45.4 Å². The third-order valence-electron chi connectivity index (χ3n) is 7.53. The molecule has 0 amide bonds. The molecule has 1 aliphatic carbocycles. The molecular weight excluding hydrogens is 758 g/mol. The fraction of sp³-hybridized carbons (Fsp3) is 0.194. The van der Waals surface area contributed by atoms with Crippen LogP contribution in [-0.2, 0) is 40.1 Å². The molecular formula is C31H29F3N4O9S4. The van der Waals surface area contributed by atoms with E-state index in [2.05, 4.69) is 10.3 Å². The zero-order valence-electron chi connectivity index (χ0n) is 27.2. The van der Waals surface area contributed by atoms with Gasteiger partial charge in [-0.05, 0) is 98.5 Å². The molecule has 1 aliphatic heterocycles. The first-order valence-corrected chi connectivity index (χ1v) is 20.8. The normalized spacial score (nSPS) is 13.6. The standard InChI is InChI=1S/C31H29F3N4O9S4/c1-17-6-11-28(50(43,44)37-48(5,39)40)20(4)30(17)36-24-10-8-22-14-21-7-9-23(15-26(21)47-27(22)16-24)35-29-18(2)12-25(13-19(29)3)49(41,42)38-51(45,46)31(32,33)34/h6-16,36-38H,1-5H3. The third-order valence-corrected chi connectivity index (χ3v) is 13.9. The molecule has 3 aromatic rings. The summed E-state index contributed by atoms with van der Waals surface area (Å²) in [5.74, 6) is 0.407. The lowest BCUT2D eigenvalue weighted by molar-refractivity contribution is -0.0441. The Morgan fingerprint density at radius 3 is 1.96 bits per heavy atom. The lowest BCUT2D eigenvalue weighted by Gasteiger charge is -2.17. The highest BCUT2D eigenvalue weighted by atomic mass is 32.3. The van der Waals surface area contributed by atoms with Gasteiger partial charge < -0.3 is 9.73 Å². The number of hydrogen-bond acceptors (Lipinski definition) is 11. The number of fused-ring (bicyclic) bond motifs is 2. The summed E-state index contributed by atoms with van der Waals surface area (Å²) in [7, 11) is -19.7. The van der Waals surface area contributed by atoms with Crippen LogP contribution in [0.5, 0.6) is 0 Å². The van der Waals surface area contributed by atoms with E-state index in [1.54, 1.807) is 60.4 Å². The van der Waals surface area contributed by atoms with Crippen molar-refractivity contribution in [2.24, 2.45) is 4.99 Å². The summed E-state index contributed by atoms with van der Waals surface area (Å²) in [6.07, 6.45) is 0.741. The van der Waals surface area contributed by atoms with E-state index in [1.165, 1.54) is 19.9 Å². The van der Waals surface area contributed by atoms with Gasteiger partial charge in [-0.1, -0.05) is 10.2 Å². The van der Waals surface area contributed by atoms with Crippen molar-refractivity contribution in [2.45, 2.75) is 43.0 Å². The average molecular weight is 787 g/mol. The van der Waals surface area contributed by atoms with Crippen molar-refractivity contribution in [1.29, 1.82) is 0 Å². The highest BCUT2D eigenvalue weighted by Crippen LogP contribution is 2.34. The zero-order valence-corrected chi connectivity index (χ0v) is 30.5. The zero-order chi connectivity index (χ0) is 37.9. The van der Waals surface area contributed by atoms with Crippen molar-refractivity contribution in [3.63, 3.8) is 0 Å². The fourth-order valence-electron chi connectivity index (χ4n) is 5.22. The molecule has 13 nitrogen and oxygen atoms in total. The smallest absolute Gasteiger partial charge is 0.456 e. The van der Waals surface area contributed by atoms with Crippen LogP contribution in [0, 0.1) is 27.7 Å². The Bertz CT molecular complexity index is 2710. The van der Waals surface area contributed by atoms with Gasteiger partial charge in [0.25, 0.3) is 20.0 Å². The number of rotatable bonds is 9. The van der Waals surface area contributed by atoms with E-state index in [0.29, 0.717) is 49.0 Å². The maximum absolute atomic E-state index is 12.8. The number of alkyl halides is 3. The van der Waals surface area contributed by atoms with Gasteiger partial charge in [-0.25, -0.2) is 38.7 Å². The number of nitrogens with one attached hydrogen (secondary N) is 3. The predicted molar refractivity (Wildman–Crippen MR) is 184 cm³/mol. The summed E-state index contributed by atoms with van der Waals surface area (Å²) in [4.78, 5) is 3.66. The molecule has 0 saturated carbocycles. The molecule has 0 fully saturated rings. The molecule has 5 rings (SSSR count). The second kappa shape index (κ2) is 13.0. The van der Waals surface area contributed by atoms with Gasteiger partial charge in [-0.15, -0.1) is 4.13 Å². The Morgan fingerprint density at radius 2 is 1.35 bits per heavy atom. The lowest BCUT2D eigenvalue weighted by Crippen LogP contribution is -2.40. The van der Waals surface area contributed by atoms with Crippen LogP contribution in [0.1, 0.15) is 22.3 Å². The lowest BCUT2D eigenvalue weighted by atomic mass is 10.1. The van der Waals surface area contributed by atoms with Crippen molar-refractivity contribution >= 4 is 68.1 Å².